The highest BCUT2D eigenvalue weighted by molar-refractivity contribution is 5.91. The number of carbonyl (C=O) groups excluding carboxylic acids is 1. The lowest BCUT2D eigenvalue weighted by atomic mass is 10.2. The zero-order valence-corrected chi connectivity index (χ0v) is 16.2. The van der Waals surface area contributed by atoms with Gasteiger partial charge in [-0.25, -0.2) is 0 Å². The van der Waals surface area contributed by atoms with Gasteiger partial charge in [0, 0.05) is 32.2 Å². The Bertz CT molecular complexity index is 698. The fourth-order valence-corrected chi connectivity index (χ4v) is 3.28. The highest BCUT2D eigenvalue weighted by Crippen LogP contribution is 2.17. The molecule has 146 valence electrons. The maximum Gasteiger partial charge on any atom is 0.287 e. The first-order chi connectivity index (χ1) is 13.1. The van der Waals surface area contributed by atoms with Gasteiger partial charge in [0.1, 0.15) is 5.75 Å². The van der Waals surface area contributed by atoms with E-state index in [1.54, 1.807) is 12.1 Å². The maximum atomic E-state index is 12.1. The van der Waals surface area contributed by atoms with Gasteiger partial charge in [-0.05, 0) is 56.8 Å². The van der Waals surface area contributed by atoms with Crippen molar-refractivity contribution < 1.29 is 13.9 Å². The van der Waals surface area contributed by atoms with Crippen molar-refractivity contribution in [1.29, 1.82) is 0 Å². The number of carbonyl (C=O) groups is 1. The van der Waals surface area contributed by atoms with Crippen LogP contribution in [0.5, 0.6) is 5.75 Å². The maximum absolute atomic E-state index is 12.1. The lowest BCUT2D eigenvalue weighted by Crippen LogP contribution is -2.36. The molecule has 1 N–H and O–H groups in total. The average molecular weight is 371 g/mol. The van der Waals surface area contributed by atoms with E-state index in [2.05, 4.69) is 41.3 Å². The van der Waals surface area contributed by atoms with E-state index in [1.807, 2.05) is 12.1 Å². The number of ether oxygens (including phenoxy) is 1. The van der Waals surface area contributed by atoms with Crippen molar-refractivity contribution in [2.24, 2.45) is 0 Å². The number of nitrogens with zero attached hydrogens (tertiary/aromatic N) is 2. The third kappa shape index (κ3) is 6.12. The summed E-state index contributed by atoms with van der Waals surface area (Å²) in [5.41, 5.74) is 1.26. The average Bonchev–Trinajstić information content (AvgIpc) is 3.32. The van der Waals surface area contributed by atoms with Gasteiger partial charge in [0.15, 0.2) is 5.76 Å². The molecule has 1 fully saturated rings. The molecule has 0 radical (unpaired) electrons. The van der Waals surface area contributed by atoms with Crippen LogP contribution < -0.4 is 10.1 Å². The van der Waals surface area contributed by atoms with Crippen LogP contribution >= 0.6 is 0 Å². The van der Waals surface area contributed by atoms with Gasteiger partial charge in [-0.2, -0.15) is 0 Å². The first-order valence-corrected chi connectivity index (χ1v) is 9.53. The largest absolute Gasteiger partial charge is 0.494 e. The molecule has 6 nitrogen and oxygen atoms in total. The van der Waals surface area contributed by atoms with E-state index in [9.17, 15) is 4.79 Å². The minimum Gasteiger partial charge on any atom is -0.494 e. The van der Waals surface area contributed by atoms with Crippen LogP contribution in [0, 0.1) is 0 Å². The number of likely N-dealkylation sites (tertiary alicyclic amines) is 1. The van der Waals surface area contributed by atoms with Crippen LogP contribution in [0.25, 0.3) is 0 Å². The van der Waals surface area contributed by atoms with Crippen molar-refractivity contribution in [2.75, 3.05) is 40.3 Å². The van der Waals surface area contributed by atoms with Gasteiger partial charge in [-0.15, -0.1) is 0 Å². The molecule has 1 atom stereocenters. The second-order valence-electron chi connectivity index (χ2n) is 7.32. The van der Waals surface area contributed by atoms with Crippen molar-refractivity contribution in [3.8, 4) is 5.75 Å². The van der Waals surface area contributed by atoms with Gasteiger partial charge in [-0.3, -0.25) is 9.69 Å². The summed E-state index contributed by atoms with van der Waals surface area (Å²) in [7, 11) is 4.14. The first kappa shape index (κ1) is 19.5. The second-order valence-corrected chi connectivity index (χ2v) is 7.32. The minimum atomic E-state index is -0.136. The van der Waals surface area contributed by atoms with E-state index < -0.39 is 0 Å². The number of nitrogens with one attached hydrogen (secondary N) is 1. The number of benzene rings is 1. The van der Waals surface area contributed by atoms with Crippen molar-refractivity contribution in [3.05, 3.63) is 54.0 Å². The molecule has 1 amide bonds. The van der Waals surface area contributed by atoms with Crippen molar-refractivity contribution in [2.45, 2.75) is 25.4 Å². The van der Waals surface area contributed by atoms with E-state index in [4.69, 9.17) is 9.15 Å². The lowest BCUT2D eigenvalue weighted by molar-refractivity contribution is 0.0909. The molecule has 1 aliphatic rings. The summed E-state index contributed by atoms with van der Waals surface area (Å²) in [6.07, 6.45) is 3.50. The summed E-state index contributed by atoms with van der Waals surface area (Å²) in [6, 6.07) is 11.9. The molecule has 3 rings (SSSR count). The van der Waals surface area contributed by atoms with Crippen LogP contribution in [-0.2, 0) is 6.54 Å². The van der Waals surface area contributed by atoms with E-state index in [0.29, 0.717) is 5.76 Å². The summed E-state index contributed by atoms with van der Waals surface area (Å²) < 4.78 is 10.9. The molecule has 0 aliphatic carbocycles. The van der Waals surface area contributed by atoms with E-state index >= 15 is 0 Å². The van der Waals surface area contributed by atoms with E-state index in [1.165, 1.54) is 11.8 Å². The number of furan rings is 1. The molecular formula is C21H29N3O3. The van der Waals surface area contributed by atoms with Crippen LogP contribution in [0.4, 0.5) is 0 Å². The summed E-state index contributed by atoms with van der Waals surface area (Å²) in [6.45, 7) is 4.49. The number of hydrogen-bond donors (Lipinski definition) is 1. The van der Waals surface area contributed by atoms with E-state index in [-0.39, 0.29) is 11.9 Å². The van der Waals surface area contributed by atoms with Gasteiger partial charge in [-0.1, -0.05) is 12.1 Å². The Morgan fingerprint density at radius 2 is 2.11 bits per heavy atom. The second kappa shape index (κ2) is 9.58. The summed E-state index contributed by atoms with van der Waals surface area (Å²) in [5, 5.41) is 3.04. The fourth-order valence-electron chi connectivity index (χ4n) is 3.28. The molecule has 1 saturated heterocycles. The Balaban J connectivity index is 1.40. The number of amides is 1. The topological polar surface area (TPSA) is 58.0 Å². The van der Waals surface area contributed by atoms with Crippen LogP contribution in [0.15, 0.2) is 47.1 Å². The Morgan fingerprint density at radius 1 is 1.30 bits per heavy atom. The molecule has 1 aliphatic heterocycles. The van der Waals surface area contributed by atoms with Crippen LogP contribution in [0.3, 0.4) is 0 Å². The number of hydrogen-bond acceptors (Lipinski definition) is 5. The fraction of sp³-hybridized carbons (Fsp3) is 0.476. The van der Waals surface area contributed by atoms with Gasteiger partial charge in [0.05, 0.1) is 12.9 Å². The third-order valence-corrected chi connectivity index (χ3v) is 4.70. The highest BCUT2D eigenvalue weighted by Gasteiger charge is 2.24. The molecule has 6 heteroatoms. The van der Waals surface area contributed by atoms with Gasteiger partial charge in [0.2, 0.25) is 0 Å². The molecular weight excluding hydrogens is 342 g/mol. The third-order valence-electron chi connectivity index (χ3n) is 4.70. The monoisotopic (exact) mass is 371 g/mol. The zero-order valence-electron chi connectivity index (χ0n) is 16.2. The molecule has 2 heterocycles. The molecule has 0 unspecified atom stereocenters. The molecule has 0 saturated carbocycles. The molecule has 0 spiro atoms. The Morgan fingerprint density at radius 3 is 2.81 bits per heavy atom. The van der Waals surface area contributed by atoms with E-state index in [0.717, 1.165) is 51.4 Å². The van der Waals surface area contributed by atoms with Gasteiger partial charge in [0.25, 0.3) is 5.91 Å². The van der Waals surface area contributed by atoms with Gasteiger partial charge >= 0.3 is 0 Å². The van der Waals surface area contributed by atoms with Crippen molar-refractivity contribution in [3.63, 3.8) is 0 Å². The predicted octanol–water partition coefficient (Wildman–Crippen LogP) is 2.61. The van der Waals surface area contributed by atoms with Crippen LogP contribution in [0.2, 0.25) is 0 Å². The number of rotatable bonds is 9. The summed E-state index contributed by atoms with van der Waals surface area (Å²) >= 11 is 0. The smallest absolute Gasteiger partial charge is 0.287 e. The molecule has 1 aromatic carbocycles. The molecule has 27 heavy (non-hydrogen) atoms. The van der Waals surface area contributed by atoms with Crippen LogP contribution in [-0.4, -0.2) is 62.1 Å². The summed E-state index contributed by atoms with van der Waals surface area (Å²) in [5.74, 6) is 1.15. The Hall–Kier alpha value is -2.31. The Kier molecular flexibility index (Phi) is 6.90. The van der Waals surface area contributed by atoms with Gasteiger partial charge < -0.3 is 19.4 Å². The quantitative estimate of drug-likeness (QED) is 0.687. The van der Waals surface area contributed by atoms with Crippen molar-refractivity contribution in [1.82, 2.24) is 15.1 Å². The minimum absolute atomic E-state index is 0.136. The SMILES string of the molecule is CN(C)CCCOc1ccc(CN2CC[C@H](NC(=O)c3ccco3)C2)cc1. The van der Waals surface area contributed by atoms with Crippen molar-refractivity contribution >= 4 is 5.91 Å². The zero-order chi connectivity index (χ0) is 19.1. The highest BCUT2D eigenvalue weighted by atomic mass is 16.5. The molecule has 2 aromatic rings. The first-order valence-electron chi connectivity index (χ1n) is 9.53. The molecule has 0 bridgehead atoms. The lowest BCUT2D eigenvalue weighted by Gasteiger charge is -2.17. The molecule has 1 aromatic heterocycles. The summed E-state index contributed by atoms with van der Waals surface area (Å²) in [4.78, 5) is 16.6. The normalized spacial score (nSPS) is 17.4. The predicted molar refractivity (Wildman–Crippen MR) is 105 cm³/mol. The Labute approximate surface area is 161 Å². The van der Waals surface area contributed by atoms with Crippen LogP contribution in [0.1, 0.15) is 29.0 Å². The standard InChI is InChI=1S/C21H29N3O3/c1-23(2)11-4-14-26-19-8-6-17(7-9-19)15-24-12-10-18(16-24)22-21(25)20-5-3-13-27-20/h3,5-9,13,18H,4,10-12,14-16H2,1-2H3,(H,22,25)/t18-/m0/s1.